The van der Waals surface area contributed by atoms with Gasteiger partial charge in [-0.3, -0.25) is 4.79 Å². The Morgan fingerprint density at radius 3 is 1.96 bits per heavy atom. The molecule has 2 aromatic carbocycles. The minimum Gasteiger partial charge on any atom is -0.350 e. The SMILES string of the molecule is CC(C)NC(=O)c1ccc(NC(=O)NC(c2ccccc2)C(C)C)cc1. The van der Waals surface area contributed by atoms with Gasteiger partial charge in [0, 0.05) is 17.3 Å². The summed E-state index contributed by atoms with van der Waals surface area (Å²) in [5.74, 6) is 0.130. The number of benzene rings is 2. The number of hydrogen-bond donors (Lipinski definition) is 3. The lowest BCUT2D eigenvalue weighted by Gasteiger charge is -2.23. The summed E-state index contributed by atoms with van der Waals surface area (Å²) in [6, 6.07) is 16.5. The van der Waals surface area contributed by atoms with Crippen molar-refractivity contribution >= 4 is 17.6 Å². The third-order valence-corrected chi connectivity index (χ3v) is 3.94. The highest BCUT2D eigenvalue weighted by Gasteiger charge is 2.18. The van der Waals surface area contributed by atoms with E-state index in [-0.39, 0.29) is 29.9 Å². The first kappa shape index (κ1) is 19.5. The van der Waals surface area contributed by atoms with Crippen molar-refractivity contribution in [1.29, 1.82) is 0 Å². The highest BCUT2D eigenvalue weighted by atomic mass is 16.2. The molecule has 5 heteroatoms. The van der Waals surface area contributed by atoms with Crippen molar-refractivity contribution in [2.75, 3.05) is 5.32 Å². The summed E-state index contributed by atoms with van der Waals surface area (Å²) in [4.78, 5) is 24.3. The second kappa shape index (κ2) is 9.04. The average Bonchev–Trinajstić information content (AvgIpc) is 2.60. The van der Waals surface area contributed by atoms with Crippen molar-refractivity contribution in [1.82, 2.24) is 10.6 Å². The van der Waals surface area contributed by atoms with Crippen LogP contribution in [0, 0.1) is 5.92 Å². The Balaban J connectivity index is 1.99. The van der Waals surface area contributed by atoms with E-state index in [0.29, 0.717) is 11.3 Å². The van der Waals surface area contributed by atoms with Crippen molar-refractivity contribution in [3.05, 3.63) is 65.7 Å². The topological polar surface area (TPSA) is 70.2 Å². The van der Waals surface area contributed by atoms with Gasteiger partial charge in [-0.05, 0) is 49.6 Å². The second-order valence-corrected chi connectivity index (χ2v) is 6.94. The molecule has 3 amide bonds. The summed E-state index contributed by atoms with van der Waals surface area (Å²) in [6.45, 7) is 7.96. The molecule has 0 fully saturated rings. The van der Waals surface area contributed by atoms with Gasteiger partial charge in [0.2, 0.25) is 0 Å². The number of nitrogens with one attached hydrogen (secondary N) is 3. The zero-order chi connectivity index (χ0) is 19.1. The highest BCUT2D eigenvalue weighted by molar-refractivity contribution is 5.95. The molecule has 0 aliphatic carbocycles. The molecule has 138 valence electrons. The molecule has 26 heavy (non-hydrogen) atoms. The third kappa shape index (κ3) is 5.62. The van der Waals surface area contributed by atoms with Crippen molar-refractivity contribution in [3.8, 4) is 0 Å². The molecule has 0 saturated heterocycles. The lowest BCUT2D eigenvalue weighted by atomic mass is 9.96. The molecule has 3 N–H and O–H groups in total. The van der Waals surface area contributed by atoms with Crippen LogP contribution in [0.3, 0.4) is 0 Å². The summed E-state index contributed by atoms with van der Waals surface area (Å²) in [5.41, 5.74) is 2.27. The summed E-state index contributed by atoms with van der Waals surface area (Å²) in [5, 5.41) is 8.67. The summed E-state index contributed by atoms with van der Waals surface area (Å²) in [6.07, 6.45) is 0. The van der Waals surface area contributed by atoms with Crippen LogP contribution in [0.5, 0.6) is 0 Å². The normalized spacial score (nSPS) is 11.9. The highest BCUT2D eigenvalue weighted by Crippen LogP contribution is 2.21. The van der Waals surface area contributed by atoms with E-state index in [1.54, 1.807) is 24.3 Å². The Bertz CT molecular complexity index is 725. The van der Waals surface area contributed by atoms with E-state index in [0.717, 1.165) is 5.56 Å². The van der Waals surface area contributed by atoms with Crippen LogP contribution in [0.25, 0.3) is 0 Å². The Morgan fingerprint density at radius 2 is 1.42 bits per heavy atom. The van der Waals surface area contributed by atoms with Gasteiger partial charge in [0.25, 0.3) is 5.91 Å². The first-order valence-electron chi connectivity index (χ1n) is 8.90. The minimum absolute atomic E-state index is 0.0766. The zero-order valence-electron chi connectivity index (χ0n) is 15.7. The van der Waals surface area contributed by atoms with E-state index in [1.165, 1.54) is 0 Å². The lowest BCUT2D eigenvalue weighted by molar-refractivity contribution is 0.0943. The number of hydrogen-bond acceptors (Lipinski definition) is 2. The maximum Gasteiger partial charge on any atom is 0.319 e. The Labute approximate surface area is 155 Å². The number of carbonyl (C=O) groups excluding carboxylic acids is 2. The lowest BCUT2D eigenvalue weighted by Crippen LogP contribution is -2.35. The molecule has 2 rings (SSSR count). The zero-order valence-corrected chi connectivity index (χ0v) is 15.7. The number of anilines is 1. The molecule has 0 bridgehead atoms. The van der Waals surface area contributed by atoms with Crippen LogP contribution >= 0.6 is 0 Å². The molecule has 1 atom stereocenters. The molecule has 0 aliphatic rings. The maximum atomic E-state index is 12.4. The van der Waals surface area contributed by atoms with Crippen LogP contribution in [0.2, 0.25) is 0 Å². The number of carbonyl (C=O) groups is 2. The molecule has 0 radical (unpaired) electrons. The third-order valence-electron chi connectivity index (χ3n) is 3.94. The summed E-state index contributed by atoms with van der Waals surface area (Å²) >= 11 is 0. The molecule has 2 aromatic rings. The predicted octanol–water partition coefficient (Wildman–Crippen LogP) is 4.34. The monoisotopic (exact) mass is 353 g/mol. The van der Waals surface area contributed by atoms with Gasteiger partial charge in [-0.2, -0.15) is 0 Å². The van der Waals surface area contributed by atoms with Crippen LogP contribution in [-0.2, 0) is 0 Å². The quantitative estimate of drug-likeness (QED) is 0.723. The number of urea groups is 1. The van der Waals surface area contributed by atoms with E-state index >= 15 is 0 Å². The fourth-order valence-electron chi connectivity index (χ4n) is 2.65. The Morgan fingerprint density at radius 1 is 0.808 bits per heavy atom. The standard InChI is InChI=1S/C21H27N3O2/c1-14(2)19(16-8-6-5-7-9-16)24-21(26)23-18-12-10-17(11-13-18)20(25)22-15(3)4/h5-15,19H,1-4H3,(H,22,25)(H2,23,24,26). The van der Waals surface area contributed by atoms with Gasteiger partial charge in [0.1, 0.15) is 0 Å². The second-order valence-electron chi connectivity index (χ2n) is 6.94. The van der Waals surface area contributed by atoms with E-state index in [1.807, 2.05) is 44.2 Å². The first-order valence-corrected chi connectivity index (χ1v) is 8.90. The molecule has 0 aromatic heterocycles. The van der Waals surface area contributed by atoms with Crippen molar-refractivity contribution in [3.63, 3.8) is 0 Å². The van der Waals surface area contributed by atoms with Crippen LogP contribution in [0.1, 0.15) is 49.7 Å². The van der Waals surface area contributed by atoms with Gasteiger partial charge in [-0.15, -0.1) is 0 Å². The van der Waals surface area contributed by atoms with Gasteiger partial charge < -0.3 is 16.0 Å². The van der Waals surface area contributed by atoms with E-state index in [2.05, 4.69) is 29.8 Å². The van der Waals surface area contributed by atoms with Gasteiger partial charge in [0.15, 0.2) is 0 Å². The fraction of sp³-hybridized carbons (Fsp3) is 0.333. The van der Waals surface area contributed by atoms with E-state index in [9.17, 15) is 9.59 Å². The van der Waals surface area contributed by atoms with Crippen molar-refractivity contribution in [2.24, 2.45) is 5.92 Å². The summed E-state index contributed by atoms with van der Waals surface area (Å²) in [7, 11) is 0. The van der Waals surface area contributed by atoms with Crippen LogP contribution in [0.15, 0.2) is 54.6 Å². The maximum absolute atomic E-state index is 12.4. The van der Waals surface area contributed by atoms with Crippen LogP contribution in [0.4, 0.5) is 10.5 Å². The molecule has 5 nitrogen and oxygen atoms in total. The van der Waals surface area contributed by atoms with Gasteiger partial charge in [-0.25, -0.2) is 4.79 Å². The average molecular weight is 353 g/mol. The van der Waals surface area contributed by atoms with E-state index < -0.39 is 0 Å². The first-order chi connectivity index (χ1) is 12.4. The Hall–Kier alpha value is -2.82. The van der Waals surface area contributed by atoms with Crippen LogP contribution in [-0.4, -0.2) is 18.0 Å². The smallest absolute Gasteiger partial charge is 0.319 e. The van der Waals surface area contributed by atoms with E-state index in [4.69, 9.17) is 0 Å². The molecule has 0 aliphatic heterocycles. The molecule has 0 saturated carbocycles. The largest absolute Gasteiger partial charge is 0.350 e. The number of amides is 3. The molecular weight excluding hydrogens is 326 g/mol. The predicted molar refractivity (Wildman–Crippen MR) is 105 cm³/mol. The molecule has 0 heterocycles. The van der Waals surface area contributed by atoms with Crippen molar-refractivity contribution in [2.45, 2.75) is 39.8 Å². The van der Waals surface area contributed by atoms with Gasteiger partial charge in [0.05, 0.1) is 6.04 Å². The van der Waals surface area contributed by atoms with Crippen molar-refractivity contribution < 1.29 is 9.59 Å². The summed E-state index contributed by atoms with van der Waals surface area (Å²) < 4.78 is 0. The Kier molecular flexibility index (Phi) is 6.78. The van der Waals surface area contributed by atoms with Gasteiger partial charge in [-0.1, -0.05) is 44.2 Å². The van der Waals surface area contributed by atoms with Gasteiger partial charge >= 0.3 is 6.03 Å². The number of rotatable bonds is 6. The molecule has 0 spiro atoms. The molecular formula is C21H27N3O2. The fourth-order valence-corrected chi connectivity index (χ4v) is 2.65. The minimum atomic E-state index is -0.271. The van der Waals surface area contributed by atoms with Crippen LogP contribution < -0.4 is 16.0 Å². The molecule has 1 unspecified atom stereocenters.